The summed E-state index contributed by atoms with van der Waals surface area (Å²) >= 11 is 1.72. The highest BCUT2D eigenvalue weighted by Gasteiger charge is 2.41. The Kier molecular flexibility index (Phi) is 2.44. The number of rotatable bonds is 1. The van der Waals surface area contributed by atoms with Gasteiger partial charge < -0.3 is 10.5 Å². The first kappa shape index (κ1) is 8.87. The van der Waals surface area contributed by atoms with Gasteiger partial charge in [-0.25, -0.2) is 0 Å². The first-order chi connectivity index (χ1) is 5.08. The number of nitrogens with two attached hydrogens (primary N) is 1. The number of carbonyl (C=O) groups excluding carboxylic acids is 1. The fraction of sp³-hybridized carbons (Fsp3) is 0.857. The number of carbonyl (C=O) groups is 1. The third-order valence-electron chi connectivity index (χ3n) is 1.87. The molecule has 0 spiro atoms. The minimum Gasteiger partial charge on any atom is -0.468 e. The molecule has 11 heavy (non-hydrogen) atoms. The van der Waals surface area contributed by atoms with Gasteiger partial charge in [0, 0.05) is 11.0 Å². The molecule has 1 saturated heterocycles. The average molecular weight is 175 g/mol. The summed E-state index contributed by atoms with van der Waals surface area (Å²) in [5, 5.41) is 0.471. The Labute approximate surface area is 70.7 Å². The second kappa shape index (κ2) is 3.03. The maximum absolute atomic E-state index is 11.1. The zero-order chi connectivity index (χ0) is 8.48. The molecule has 0 amide bonds. The summed E-state index contributed by atoms with van der Waals surface area (Å²) in [6.45, 7) is 2.07. The molecule has 0 aliphatic carbocycles. The van der Waals surface area contributed by atoms with Gasteiger partial charge in [-0.05, 0) is 6.42 Å². The van der Waals surface area contributed by atoms with Gasteiger partial charge in [-0.15, -0.1) is 0 Å². The topological polar surface area (TPSA) is 52.3 Å². The number of methoxy groups -OCH3 is 1. The summed E-state index contributed by atoms with van der Waals surface area (Å²) in [6, 6.07) is 0. The van der Waals surface area contributed by atoms with Crippen molar-refractivity contribution in [3.05, 3.63) is 0 Å². The van der Waals surface area contributed by atoms with Crippen LogP contribution in [0.5, 0.6) is 0 Å². The van der Waals surface area contributed by atoms with Crippen molar-refractivity contribution in [3.63, 3.8) is 0 Å². The summed E-state index contributed by atoms with van der Waals surface area (Å²) in [5.74, 6) is 0.398. The molecule has 0 bridgehead atoms. The molecule has 4 heteroatoms. The summed E-state index contributed by atoms with van der Waals surface area (Å²) in [7, 11) is 1.38. The molecule has 0 aromatic rings. The van der Waals surface area contributed by atoms with Crippen LogP contribution in [0, 0.1) is 0 Å². The molecule has 1 heterocycles. The first-order valence-electron chi connectivity index (χ1n) is 3.57. The number of hydrogen-bond donors (Lipinski definition) is 1. The monoisotopic (exact) mass is 175 g/mol. The van der Waals surface area contributed by atoms with E-state index in [-0.39, 0.29) is 5.97 Å². The maximum atomic E-state index is 11.1. The Morgan fingerprint density at radius 1 is 1.82 bits per heavy atom. The standard InChI is InChI=1S/C7H13NO2S/c1-5-3-7(8,4-11-5)6(9)10-2/h5H,3-4,8H2,1-2H3. The van der Waals surface area contributed by atoms with Crippen LogP contribution in [0.15, 0.2) is 0 Å². The van der Waals surface area contributed by atoms with E-state index in [1.54, 1.807) is 11.8 Å². The van der Waals surface area contributed by atoms with Crippen LogP contribution in [-0.2, 0) is 9.53 Å². The Morgan fingerprint density at radius 2 is 2.45 bits per heavy atom. The van der Waals surface area contributed by atoms with Gasteiger partial charge in [0.15, 0.2) is 0 Å². The van der Waals surface area contributed by atoms with Crippen LogP contribution in [0.2, 0.25) is 0 Å². The zero-order valence-electron chi connectivity index (χ0n) is 6.79. The number of hydrogen-bond acceptors (Lipinski definition) is 4. The van der Waals surface area contributed by atoms with E-state index in [4.69, 9.17) is 5.73 Å². The lowest BCUT2D eigenvalue weighted by molar-refractivity contribution is -0.146. The molecule has 2 atom stereocenters. The van der Waals surface area contributed by atoms with Crippen LogP contribution in [0.3, 0.4) is 0 Å². The van der Waals surface area contributed by atoms with Gasteiger partial charge >= 0.3 is 5.97 Å². The maximum Gasteiger partial charge on any atom is 0.326 e. The van der Waals surface area contributed by atoms with Gasteiger partial charge in [0.2, 0.25) is 0 Å². The van der Waals surface area contributed by atoms with Crippen molar-refractivity contribution >= 4 is 17.7 Å². The molecule has 1 fully saturated rings. The Bertz CT molecular complexity index is 174. The lowest BCUT2D eigenvalue weighted by Crippen LogP contribution is -2.49. The van der Waals surface area contributed by atoms with Crippen LogP contribution in [0.25, 0.3) is 0 Å². The van der Waals surface area contributed by atoms with Crippen molar-refractivity contribution in [1.29, 1.82) is 0 Å². The molecule has 64 valence electrons. The van der Waals surface area contributed by atoms with Crippen molar-refractivity contribution in [2.75, 3.05) is 12.9 Å². The second-order valence-corrected chi connectivity index (χ2v) is 4.40. The molecular weight excluding hydrogens is 162 g/mol. The Balaban J connectivity index is 2.61. The summed E-state index contributed by atoms with van der Waals surface area (Å²) in [6.07, 6.45) is 0.727. The van der Waals surface area contributed by atoms with E-state index in [0.29, 0.717) is 11.0 Å². The van der Waals surface area contributed by atoms with Crippen LogP contribution in [-0.4, -0.2) is 29.6 Å². The van der Waals surface area contributed by atoms with Crippen LogP contribution in [0.4, 0.5) is 0 Å². The third-order valence-corrected chi connectivity index (χ3v) is 3.29. The van der Waals surface area contributed by atoms with Crippen LogP contribution >= 0.6 is 11.8 Å². The predicted octanol–water partition coefficient (Wildman–Crippen LogP) is 0.382. The number of ether oxygens (including phenoxy) is 1. The van der Waals surface area contributed by atoms with Crippen molar-refractivity contribution < 1.29 is 9.53 Å². The van der Waals surface area contributed by atoms with E-state index in [2.05, 4.69) is 11.7 Å². The molecule has 1 rings (SSSR count). The first-order valence-corrected chi connectivity index (χ1v) is 4.62. The van der Waals surface area contributed by atoms with E-state index >= 15 is 0 Å². The highest BCUT2D eigenvalue weighted by Crippen LogP contribution is 2.33. The number of esters is 1. The van der Waals surface area contributed by atoms with E-state index < -0.39 is 5.54 Å². The predicted molar refractivity (Wildman–Crippen MR) is 45.5 cm³/mol. The normalized spacial score (nSPS) is 37.2. The fourth-order valence-electron chi connectivity index (χ4n) is 1.27. The van der Waals surface area contributed by atoms with Crippen LogP contribution in [0.1, 0.15) is 13.3 Å². The van der Waals surface area contributed by atoms with Gasteiger partial charge in [-0.3, -0.25) is 4.79 Å². The average Bonchev–Trinajstić information content (AvgIpc) is 2.31. The van der Waals surface area contributed by atoms with Crippen molar-refractivity contribution in [1.82, 2.24) is 0 Å². The molecule has 1 aliphatic rings. The lowest BCUT2D eigenvalue weighted by Gasteiger charge is -2.18. The fourth-order valence-corrected chi connectivity index (χ4v) is 2.50. The smallest absolute Gasteiger partial charge is 0.326 e. The molecule has 0 radical (unpaired) electrons. The molecule has 0 aromatic carbocycles. The van der Waals surface area contributed by atoms with E-state index in [1.807, 2.05) is 0 Å². The molecule has 3 nitrogen and oxygen atoms in total. The van der Waals surface area contributed by atoms with Crippen molar-refractivity contribution in [3.8, 4) is 0 Å². The minimum atomic E-state index is -0.723. The molecule has 2 N–H and O–H groups in total. The quantitative estimate of drug-likeness (QED) is 0.585. The molecular formula is C7H13NO2S. The zero-order valence-corrected chi connectivity index (χ0v) is 7.61. The lowest BCUT2D eigenvalue weighted by atomic mass is 9.98. The Morgan fingerprint density at radius 3 is 2.82 bits per heavy atom. The van der Waals surface area contributed by atoms with Crippen molar-refractivity contribution in [2.45, 2.75) is 24.1 Å². The number of thioether (sulfide) groups is 1. The van der Waals surface area contributed by atoms with E-state index in [1.165, 1.54) is 7.11 Å². The van der Waals surface area contributed by atoms with Gasteiger partial charge in [0.05, 0.1) is 7.11 Å². The highest BCUT2D eigenvalue weighted by atomic mass is 32.2. The Hall–Kier alpha value is -0.220. The van der Waals surface area contributed by atoms with Crippen molar-refractivity contribution in [2.24, 2.45) is 5.73 Å². The minimum absolute atomic E-state index is 0.283. The van der Waals surface area contributed by atoms with E-state index in [9.17, 15) is 4.79 Å². The van der Waals surface area contributed by atoms with Gasteiger partial charge in [0.1, 0.15) is 5.54 Å². The highest BCUT2D eigenvalue weighted by molar-refractivity contribution is 8.00. The summed E-state index contributed by atoms with van der Waals surface area (Å²) < 4.78 is 4.61. The van der Waals surface area contributed by atoms with Gasteiger partial charge in [0.25, 0.3) is 0 Å². The second-order valence-electron chi connectivity index (χ2n) is 2.97. The third kappa shape index (κ3) is 1.68. The van der Waals surface area contributed by atoms with Gasteiger partial charge in [-0.1, -0.05) is 6.92 Å². The molecule has 0 aromatic heterocycles. The van der Waals surface area contributed by atoms with Crippen LogP contribution < -0.4 is 5.73 Å². The van der Waals surface area contributed by atoms with E-state index in [0.717, 1.165) is 6.42 Å². The van der Waals surface area contributed by atoms with Gasteiger partial charge in [-0.2, -0.15) is 11.8 Å². The molecule has 0 saturated carbocycles. The summed E-state index contributed by atoms with van der Waals surface area (Å²) in [4.78, 5) is 11.1. The SMILES string of the molecule is COC(=O)C1(N)CSC(C)C1. The largest absolute Gasteiger partial charge is 0.468 e. The molecule has 2 unspecified atom stereocenters. The molecule has 1 aliphatic heterocycles. The summed E-state index contributed by atoms with van der Waals surface area (Å²) in [5.41, 5.74) is 5.08.